The molecule has 1 saturated carbocycles. The van der Waals surface area contributed by atoms with Crippen LogP contribution in [0.4, 0.5) is 0 Å². The van der Waals surface area contributed by atoms with Crippen molar-refractivity contribution in [1.29, 1.82) is 0 Å². The van der Waals surface area contributed by atoms with Crippen LogP contribution in [0.15, 0.2) is 16.9 Å². The Hall–Kier alpha value is -1.65. The average Bonchev–Trinajstić information content (AvgIpc) is 2.33. The third-order valence-electron chi connectivity index (χ3n) is 3.34. The number of H-pyrrole nitrogens is 1. The standard InChI is InChI=1S/C12H17N3O2/c1-8-4-2-3-5-9(8)13-12(17)10-6-7-11(16)15-14-10/h6-9H,2-5H2,1H3,(H,13,17)(H,15,16)/t8-,9-/m0/s1. The molecule has 1 fully saturated rings. The molecule has 1 aromatic heterocycles. The lowest BCUT2D eigenvalue weighted by molar-refractivity contribution is 0.0904. The van der Waals surface area contributed by atoms with Crippen LogP contribution in [0.2, 0.25) is 0 Å². The number of nitrogens with zero attached hydrogens (tertiary/aromatic N) is 1. The monoisotopic (exact) mass is 235 g/mol. The second-order valence-corrected chi connectivity index (χ2v) is 4.65. The highest BCUT2D eigenvalue weighted by Gasteiger charge is 2.23. The third kappa shape index (κ3) is 2.93. The Balaban J connectivity index is 2.01. The predicted molar refractivity (Wildman–Crippen MR) is 63.7 cm³/mol. The number of nitrogens with one attached hydrogen (secondary N) is 2. The summed E-state index contributed by atoms with van der Waals surface area (Å²) in [7, 11) is 0. The molecule has 1 heterocycles. The molecule has 0 saturated heterocycles. The van der Waals surface area contributed by atoms with Crippen molar-refractivity contribution in [3.63, 3.8) is 0 Å². The summed E-state index contributed by atoms with van der Waals surface area (Å²) in [6, 6.07) is 2.98. The van der Waals surface area contributed by atoms with E-state index < -0.39 is 0 Å². The van der Waals surface area contributed by atoms with Crippen molar-refractivity contribution in [1.82, 2.24) is 15.5 Å². The molecule has 1 aliphatic rings. The van der Waals surface area contributed by atoms with E-state index in [9.17, 15) is 9.59 Å². The average molecular weight is 235 g/mol. The van der Waals surface area contributed by atoms with Crippen LogP contribution in [-0.2, 0) is 0 Å². The smallest absolute Gasteiger partial charge is 0.271 e. The van der Waals surface area contributed by atoms with E-state index in [2.05, 4.69) is 22.4 Å². The third-order valence-corrected chi connectivity index (χ3v) is 3.34. The fraction of sp³-hybridized carbons (Fsp3) is 0.583. The summed E-state index contributed by atoms with van der Waals surface area (Å²) in [6.07, 6.45) is 4.58. The highest BCUT2D eigenvalue weighted by atomic mass is 16.2. The number of carbonyl (C=O) groups excluding carboxylic acids is 1. The zero-order valence-corrected chi connectivity index (χ0v) is 9.90. The van der Waals surface area contributed by atoms with Crippen molar-refractivity contribution in [2.45, 2.75) is 38.6 Å². The normalized spacial score (nSPS) is 24.3. The van der Waals surface area contributed by atoms with Gasteiger partial charge in [0.2, 0.25) is 0 Å². The molecule has 0 aromatic carbocycles. The summed E-state index contributed by atoms with van der Waals surface area (Å²) in [5.74, 6) is 0.301. The maximum absolute atomic E-state index is 11.9. The van der Waals surface area contributed by atoms with Crippen LogP contribution in [-0.4, -0.2) is 22.1 Å². The van der Waals surface area contributed by atoms with Gasteiger partial charge in [0.15, 0.2) is 0 Å². The predicted octanol–water partition coefficient (Wildman–Crippen LogP) is 1.08. The van der Waals surface area contributed by atoms with Gasteiger partial charge in [0, 0.05) is 12.1 Å². The van der Waals surface area contributed by atoms with Crippen molar-refractivity contribution in [2.75, 3.05) is 0 Å². The van der Waals surface area contributed by atoms with Crippen LogP contribution in [0.3, 0.4) is 0 Å². The van der Waals surface area contributed by atoms with Crippen LogP contribution < -0.4 is 10.9 Å². The number of carbonyl (C=O) groups is 1. The van der Waals surface area contributed by atoms with E-state index in [4.69, 9.17) is 0 Å². The van der Waals surface area contributed by atoms with Gasteiger partial charge in [-0.2, -0.15) is 5.10 Å². The number of aromatic amines is 1. The lowest BCUT2D eigenvalue weighted by Gasteiger charge is -2.29. The van der Waals surface area contributed by atoms with Gasteiger partial charge in [-0.05, 0) is 24.8 Å². The van der Waals surface area contributed by atoms with Crippen molar-refractivity contribution in [2.24, 2.45) is 5.92 Å². The van der Waals surface area contributed by atoms with E-state index in [0.717, 1.165) is 19.3 Å². The SMILES string of the molecule is C[C@H]1CCCC[C@@H]1NC(=O)c1ccc(=O)[nH]n1. The van der Waals surface area contributed by atoms with Crippen LogP contribution in [0.1, 0.15) is 43.1 Å². The van der Waals surface area contributed by atoms with Crippen LogP contribution in [0.25, 0.3) is 0 Å². The van der Waals surface area contributed by atoms with E-state index in [-0.39, 0.29) is 23.2 Å². The number of hydrogen-bond donors (Lipinski definition) is 2. The van der Waals surface area contributed by atoms with Crippen molar-refractivity contribution < 1.29 is 4.79 Å². The lowest BCUT2D eigenvalue weighted by atomic mass is 9.86. The van der Waals surface area contributed by atoms with Crippen molar-refractivity contribution in [3.8, 4) is 0 Å². The Labute approximate surface area is 99.6 Å². The maximum Gasteiger partial charge on any atom is 0.271 e. The molecule has 1 aromatic rings. The molecule has 2 N–H and O–H groups in total. The zero-order chi connectivity index (χ0) is 12.3. The van der Waals surface area contributed by atoms with E-state index in [1.165, 1.54) is 18.6 Å². The molecule has 1 aliphatic carbocycles. The maximum atomic E-state index is 11.9. The second-order valence-electron chi connectivity index (χ2n) is 4.65. The summed E-state index contributed by atoms with van der Waals surface area (Å²) >= 11 is 0. The molecule has 92 valence electrons. The summed E-state index contributed by atoms with van der Waals surface area (Å²) in [5, 5.41) is 8.96. The summed E-state index contributed by atoms with van der Waals surface area (Å²) in [4.78, 5) is 22.7. The van der Waals surface area contributed by atoms with Gasteiger partial charge in [-0.25, -0.2) is 5.10 Å². The zero-order valence-electron chi connectivity index (χ0n) is 9.90. The summed E-state index contributed by atoms with van der Waals surface area (Å²) < 4.78 is 0. The van der Waals surface area contributed by atoms with E-state index in [1.54, 1.807) is 0 Å². The number of hydrogen-bond acceptors (Lipinski definition) is 3. The molecule has 0 unspecified atom stereocenters. The number of aromatic nitrogens is 2. The minimum atomic E-state index is -0.299. The summed E-state index contributed by atoms with van der Waals surface area (Å²) in [5.41, 5.74) is -0.0324. The Kier molecular flexibility index (Phi) is 3.56. The first-order chi connectivity index (χ1) is 8.16. The van der Waals surface area contributed by atoms with Gasteiger partial charge in [-0.1, -0.05) is 19.8 Å². The first-order valence-corrected chi connectivity index (χ1v) is 6.03. The molecule has 0 radical (unpaired) electrons. The quantitative estimate of drug-likeness (QED) is 0.805. The highest BCUT2D eigenvalue weighted by molar-refractivity contribution is 5.92. The molecule has 0 spiro atoms. The molecule has 1 amide bonds. The molecule has 2 atom stereocenters. The van der Waals surface area contributed by atoms with Crippen molar-refractivity contribution >= 4 is 5.91 Å². The number of amides is 1. The van der Waals surface area contributed by atoms with E-state index in [1.807, 2.05) is 0 Å². The van der Waals surface area contributed by atoms with E-state index >= 15 is 0 Å². The topological polar surface area (TPSA) is 74.8 Å². The Morgan fingerprint density at radius 3 is 2.82 bits per heavy atom. The largest absolute Gasteiger partial charge is 0.348 e. The Morgan fingerprint density at radius 2 is 2.18 bits per heavy atom. The molecular formula is C12H17N3O2. The van der Waals surface area contributed by atoms with Gasteiger partial charge in [0.25, 0.3) is 11.5 Å². The summed E-state index contributed by atoms with van der Waals surface area (Å²) in [6.45, 7) is 2.16. The Morgan fingerprint density at radius 1 is 1.41 bits per heavy atom. The first kappa shape index (κ1) is 11.8. The van der Waals surface area contributed by atoms with Gasteiger partial charge in [-0.3, -0.25) is 9.59 Å². The van der Waals surface area contributed by atoms with Gasteiger partial charge in [0.05, 0.1) is 0 Å². The van der Waals surface area contributed by atoms with Crippen LogP contribution in [0.5, 0.6) is 0 Å². The minimum Gasteiger partial charge on any atom is -0.348 e. The number of rotatable bonds is 2. The fourth-order valence-corrected chi connectivity index (χ4v) is 2.24. The molecule has 5 nitrogen and oxygen atoms in total. The molecule has 0 aliphatic heterocycles. The minimum absolute atomic E-state index is 0.208. The lowest BCUT2D eigenvalue weighted by Crippen LogP contribution is -2.41. The van der Waals surface area contributed by atoms with Gasteiger partial charge < -0.3 is 5.32 Å². The second kappa shape index (κ2) is 5.12. The van der Waals surface area contributed by atoms with Crippen molar-refractivity contribution in [3.05, 3.63) is 28.2 Å². The van der Waals surface area contributed by atoms with Gasteiger partial charge >= 0.3 is 0 Å². The molecular weight excluding hydrogens is 218 g/mol. The van der Waals surface area contributed by atoms with Gasteiger partial charge in [-0.15, -0.1) is 0 Å². The van der Waals surface area contributed by atoms with E-state index in [0.29, 0.717) is 5.92 Å². The molecule has 5 heteroatoms. The molecule has 2 rings (SSSR count). The fourth-order valence-electron chi connectivity index (χ4n) is 2.24. The Bertz CT molecular complexity index is 435. The molecule has 0 bridgehead atoms. The highest BCUT2D eigenvalue weighted by Crippen LogP contribution is 2.23. The van der Waals surface area contributed by atoms with Gasteiger partial charge in [0.1, 0.15) is 5.69 Å². The molecule has 17 heavy (non-hydrogen) atoms. The first-order valence-electron chi connectivity index (χ1n) is 6.03. The van der Waals surface area contributed by atoms with Crippen LogP contribution >= 0.6 is 0 Å². The van der Waals surface area contributed by atoms with Crippen LogP contribution in [0, 0.1) is 5.92 Å².